The smallest absolute Gasteiger partial charge is 0.317 e. The monoisotopic (exact) mass is 350 g/mol. The van der Waals surface area contributed by atoms with E-state index in [0.29, 0.717) is 6.04 Å². The van der Waals surface area contributed by atoms with Gasteiger partial charge < -0.3 is 20.1 Å². The molecule has 5 rings (SSSR count). The third-order valence-electron chi connectivity index (χ3n) is 5.60. The Morgan fingerprint density at radius 2 is 1.96 bits per heavy atom. The number of urea groups is 1. The van der Waals surface area contributed by atoms with Crippen LogP contribution in [0.2, 0.25) is 0 Å². The van der Waals surface area contributed by atoms with Crippen LogP contribution in [0.3, 0.4) is 0 Å². The molecule has 0 aromatic carbocycles. The average molecular weight is 350 g/mol. The van der Waals surface area contributed by atoms with Crippen molar-refractivity contribution in [2.24, 2.45) is 0 Å². The zero-order chi connectivity index (χ0) is 17.5. The van der Waals surface area contributed by atoms with Gasteiger partial charge in [-0.1, -0.05) is 6.07 Å². The summed E-state index contributed by atoms with van der Waals surface area (Å²) in [6.07, 6.45) is 9.12. The summed E-state index contributed by atoms with van der Waals surface area (Å²) < 4.78 is 0. The van der Waals surface area contributed by atoms with E-state index in [2.05, 4.69) is 31.2 Å². The van der Waals surface area contributed by atoms with E-state index in [4.69, 9.17) is 0 Å². The molecule has 1 aliphatic heterocycles. The second-order valence-electron chi connectivity index (χ2n) is 7.15. The topological polar surface area (TPSA) is 77.2 Å². The van der Waals surface area contributed by atoms with Gasteiger partial charge in [-0.3, -0.25) is 0 Å². The van der Waals surface area contributed by atoms with Crippen molar-refractivity contribution in [2.75, 3.05) is 31.1 Å². The largest absolute Gasteiger partial charge is 0.366 e. The number of aromatic amines is 1. The molecule has 7 heteroatoms. The summed E-state index contributed by atoms with van der Waals surface area (Å²) in [5, 5.41) is 5.36. The van der Waals surface area contributed by atoms with E-state index in [1.165, 1.54) is 6.42 Å². The summed E-state index contributed by atoms with van der Waals surface area (Å²) in [6, 6.07) is 4.57. The Labute approximate surface area is 151 Å². The van der Waals surface area contributed by atoms with Crippen LogP contribution in [0.25, 0.3) is 21.9 Å². The van der Waals surface area contributed by atoms with Gasteiger partial charge in [0.05, 0.1) is 29.0 Å². The zero-order valence-electron chi connectivity index (χ0n) is 14.6. The summed E-state index contributed by atoms with van der Waals surface area (Å²) in [7, 11) is 0. The molecule has 26 heavy (non-hydrogen) atoms. The number of anilines is 1. The normalized spacial score (nSPS) is 18.3. The van der Waals surface area contributed by atoms with E-state index in [1.54, 1.807) is 0 Å². The maximum atomic E-state index is 12.4. The summed E-state index contributed by atoms with van der Waals surface area (Å²) in [5.41, 5.74) is 2.89. The van der Waals surface area contributed by atoms with Crippen molar-refractivity contribution in [3.63, 3.8) is 0 Å². The SMILES string of the molecule is O=C(NC1CCC1)N1CCN(c2cnc3ncc4[nH]cccc4c23)CC1. The number of carbonyl (C=O) groups is 1. The molecule has 3 aromatic heterocycles. The molecule has 2 N–H and O–H groups in total. The quantitative estimate of drug-likeness (QED) is 0.744. The standard InChI is InChI=1S/C19H22N6O/c26-19(23-13-3-1-4-13)25-9-7-24(8-10-25)16-12-22-18-17(16)14-5-2-6-20-15(14)11-21-18/h2,5-6,11-13,20H,1,3-4,7-10H2,(H,23,26). The van der Waals surface area contributed by atoms with Crippen molar-refractivity contribution in [1.82, 2.24) is 25.2 Å². The molecule has 7 nitrogen and oxygen atoms in total. The van der Waals surface area contributed by atoms with Crippen LogP contribution in [-0.4, -0.2) is 58.1 Å². The second kappa shape index (κ2) is 6.16. The van der Waals surface area contributed by atoms with Crippen molar-refractivity contribution < 1.29 is 4.79 Å². The molecule has 0 spiro atoms. The number of hydrogen-bond acceptors (Lipinski definition) is 4. The molecule has 2 amide bonds. The van der Waals surface area contributed by atoms with Gasteiger partial charge in [-0.2, -0.15) is 0 Å². The van der Waals surface area contributed by atoms with Crippen LogP contribution >= 0.6 is 0 Å². The maximum absolute atomic E-state index is 12.4. The Hall–Kier alpha value is -2.83. The Morgan fingerprint density at radius 1 is 1.15 bits per heavy atom. The molecule has 0 bridgehead atoms. The summed E-state index contributed by atoms with van der Waals surface area (Å²) in [6.45, 7) is 3.09. The van der Waals surface area contributed by atoms with Gasteiger partial charge in [-0.25, -0.2) is 14.8 Å². The molecule has 4 heterocycles. The molecule has 0 unspecified atom stereocenters. The number of nitrogens with one attached hydrogen (secondary N) is 2. The van der Waals surface area contributed by atoms with E-state index >= 15 is 0 Å². The summed E-state index contributed by atoms with van der Waals surface area (Å²) in [4.78, 5) is 28.8. The van der Waals surface area contributed by atoms with Gasteiger partial charge in [0.15, 0.2) is 5.65 Å². The number of rotatable bonds is 2. The Kier molecular flexibility index (Phi) is 3.65. The number of hydrogen-bond donors (Lipinski definition) is 2. The maximum Gasteiger partial charge on any atom is 0.317 e. The third-order valence-corrected chi connectivity index (χ3v) is 5.60. The number of aromatic nitrogens is 3. The third kappa shape index (κ3) is 2.55. The molecule has 2 fully saturated rings. The molecule has 2 aliphatic rings. The van der Waals surface area contributed by atoms with Crippen molar-refractivity contribution in [3.05, 3.63) is 30.7 Å². The molecule has 1 saturated heterocycles. The number of H-pyrrole nitrogens is 1. The average Bonchev–Trinajstić information content (AvgIpc) is 3.09. The minimum absolute atomic E-state index is 0.0848. The van der Waals surface area contributed by atoms with Gasteiger partial charge in [0.25, 0.3) is 0 Å². The minimum Gasteiger partial charge on any atom is -0.366 e. The van der Waals surface area contributed by atoms with Crippen molar-refractivity contribution >= 4 is 33.7 Å². The molecular formula is C19H22N6O. The van der Waals surface area contributed by atoms with Gasteiger partial charge in [-0.05, 0) is 25.3 Å². The fraction of sp³-hybridized carbons (Fsp3) is 0.421. The number of nitrogens with zero attached hydrogens (tertiary/aromatic N) is 4. The minimum atomic E-state index is 0.0848. The Balaban J connectivity index is 1.36. The Morgan fingerprint density at radius 3 is 2.73 bits per heavy atom. The molecular weight excluding hydrogens is 328 g/mol. The molecule has 0 radical (unpaired) electrons. The lowest BCUT2D eigenvalue weighted by molar-refractivity contribution is 0.183. The van der Waals surface area contributed by atoms with Crippen molar-refractivity contribution in [3.8, 4) is 0 Å². The van der Waals surface area contributed by atoms with Gasteiger partial charge in [0.2, 0.25) is 0 Å². The summed E-state index contributed by atoms with van der Waals surface area (Å²) >= 11 is 0. The predicted octanol–water partition coefficient (Wildman–Crippen LogP) is 2.50. The lowest BCUT2D eigenvalue weighted by atomic mass is 9.93. The van der Waals surface area contributed by atoms with Crippen molar-refractivity contribution in [1.29, 1.82) is 0 Å². The van der Waals surface area contributed by atoms with Gasteiger partial charge in [0, 0.05) is 43.8 Å². The first kappa shape index (κ1) is 15.4. The van der Waals surface area contributed by atoms with E-state index in [0.717, 1.165) is 66.6 Å². The highest BCUT2D eigenvalue weighted by Gasteiger charge is 2.26. The van der Waals surface area contributed by atoms with E-state index < -0.39 is 0 Å². The highest BCUT2D eigenvalue weighted by Crippen LogP contribution is 2.32. The van der Waals surface area contributed by atoms with Crippen molar-refractivity contribution in [2.45, 2.75) is 25.3 Å². The first-order valence-corrected chi connectivity index (χ1v) is 9.31. The first-order chi connectivity index (χ1) is 12.8. The zero-order valence-corrected chi connectivity index (χ0v) is 14.6. The van der Waals surface area contributed by atoms with Crippen LogP contribution < -0.4 is 10.2 Å². The fourth-order valence-corrected chi connectivity index (χ4v) is 3.83. The van der Waals surface area contributed by atoms with Crippen LogP contribution in [0.5, 0.6) is 0 Å². The predicted molar refractivity (Wildman–Crippen MR) is 101 cm³/mol. The lowest BCUT2D eigenvalue weighted by Gasteiger charge is -2.37. The van der Waals surface area contributed by atoms with E-state index in [-0.39, 0.29) is 6.03 Å². The highest BCUT2D eigenvalue weighted by molar-refractivity contribution is 6.10. The molecule has 1 aliphatic carbocycles. The van der Waals surface area contributed by atoms with Gasteiger partial charge in [0.1, 0.15) is 0 Å². The van der Waals surface area contributed by atoms with E-state index in [1.807, 2.05) is 29.6 Å². The van der Waals surface area contributed by atoms with Crippen LogP contribution in [0.1, 0.15) is 19.3 Å². The molecule has 0 atom stereocenters. The molecule has 3 aromatic rings. The molecule has 1 saturated carbocycles. The second-order valence-corrected chi connectivity index (χ2v) is 7.15. The lowest BCUT2D eigenvalue weighted by Crippen LogP contribution is -2.54. The van der Waals surface area contributed by atoms with Crippen LogP contribution in [0, 0.1) is 0 Å². The number of fused-ring (bicyclic) bond motifs is 3. The number of carbonyl (C=O) groups excluding carboxylic acids is 1. The van der Waals surface area contributed by atoms with Crippen LogP contribution in [-0.2, 0) is 0 Å². The van der Waals surface area contributed by atoms with Crippen LogP contribution in [0.15, 0.2) is 30.7 Å². The number of amides is 2. The Bertz CT molecular complexity index is 955. The first-order valence-electron chi connectivity index (χ1n) is 9.31. The van der Waals surface area contributed by atoms with E-state index in [9.17, 15) is 4.79 Å². The molecule has 134 valence electrons. The fourth-order valence-electron chi connectivity index (χ4n) is 3.83. The number of pyridine rings is 2. The van der Waals surface area contributed by atoms with Crippen LogP contribution in [0.4, 0.5) is 10.5 Å². The van der Waals surface area contributed by atoms with Gasteiger partial charge >= 0.3 is 6.03 Å². The number of piperazine rings is 1. The highest BCUT2D eigenvalue weighted by atomic mass is 16.2. The van der Waals surface area contributed by atoms with Gasteiger partial charge in [-0.15, -0.1) is 0 Å². The summed E-state index contributed by atoms with van der Waals surface area (Å²) in [5.74, 6) is 0.